The summed E-state index contributed by atoms with van der Waals surface area (Å²) in [5, 5.41) is 1.01. The molecule has 1 unspecified atom stereocenters. The van der Waals surface area contributed by atoms with Gasteiger partial charge in [-0.25, -0.2) is 9.97 Å². The zero-order valence-electron chi connectivity index (χ0n) is 20.9. The average Bonchev–Trinajstić information content (AvgIpc) is 3.59. The molecule has 0 spiro atoms. The van der Waals surface area contributed by atoms with Crippen molar-refractivity contribution in [3.05, 3.63) is 77.0 Å². The fourth-order valence-electron chi connectivity index (χ4n) is 4.80. The first-order chi connectivity index (χ1) is 18.9. The van der Waals surface area contributed by atoms with Crippen LogP contribution in [0.3, 0.4) is 0 Å². The minimum Gasteiger partial charge on any atom is -0.460 e. The number of rotatable bonds is 9. The molecule has 5 aromatic rings. The van der Waals surface area contributed by atoms with Crippen molar-refractivity contribution < 1.29 is 14.3 Å². The van der Waals surface area contributed by atoms with Gasteiger partial charge in [0.2, 0.25) is 5.28 Å². The molecule has 5 N–H and O–H groups in total. The molecule has 1 aliphatic carbocycles. The number of carbonyl (C=O) groups is 2. The van der Waals surface area contributed by atoms with Crippen LogP contribution in [-0.4, -0.2) is 48.8 Å². The Kier molecular flexibility index (Phi) is 6.59. The third kappa shape index (κ3) is 4.89. The van der Waals surface area contributed by atoms with Crippen molar-refractivity contribution in [2.45, 2.75) is 38.0 Å². The van der Waals surface area contributed by atoms with Crippen LogP contribution >= 0.6 is 11.6 Å². The van der Waals surface area contributed by atoms with Crippen molar-refractivity contribution in [2.75, 3.05) is 6.54 Å². The zero-order chi connectivity index (χ0) is 27.1. The van der Waals surface area contributed by atoms with E-state index >= 15 is 0 Å². The van der Waals surface area contributed by atoms with Gasteiger partial charge in [0.05, 0.1) is 12.9 Å². The molecular formula is C28H26ClN7O3. The summed E-state index contributed by atoms with van der Waals surface area (Å²) in [6, 6.07) is 12.3. The number of imidazole rings is 1. The normalized spacial score (nSPS) is 14.1. The summed E-state index contributed by atoms with van der Waals surface area (Å²) in [5.74, 6) is -0.673. The summed E-state index contributed by atoms with van der Waals surface area (Å²) in [6.45, 7) is -0.0502. The Morgan fingerprint density at radius 2 is 1.97 bits per heavy atom. The topological polar surface area (TPSA) is 155 Å². The van der Waals surface area contributed by atoms with E-state index in [1.807, 2.05) is 34.9 Å². The van der Waals surface area contributed by atoms with Crippen molar-refractivity contribution in [1.82, 2.24) is 24.5 Å². The van der Waals surface area contributed by atoms with Crippen LogP contribution in [0.2, 0.25) is 5.28 Å². The smallest absolute Gasteiger partial charge is 0.323 e. The lowest BCUT2D eigenvalue weighted by Gasteiger charge is -2.14. The number of carbonyl (C=O) groups excluding carboxylic acids is 2. The van der Waals surface area contributed by atoms with Crippen LogP contribution < -0.4 is 11.5 Å². The van der Waals surface area contributed by atoms with Crippen molar-refractivity contribution in [1.29, 1.82) is 0 Å². The van der Waals surface area contributed by atoms with Crippen molar-refractivity contribution in [2.24, 2.45) is 11.5 Å². The summed E-state index contributed by atoms with van der Waals surface area (Å²) in [6.07, 6.45) is 6.01. The molecular weight excluding hydrogens is 518 g/mol. The molecule has 1 saturated carbocycles. The Labute approximate surface area is 228 Å². The van der Waals surface area contributed by atoms with E-state index in [-0.39, 0.29) is 30.6 Å². The summed E-state index contributed by atoms with van der Waals surface area (Å²) in [4.78, 5) is 41.4. The van der Waals surface area contributed by atoms with E-state index in [2.05, 4.69) is 19.9 Å². The number of benzene rings is 2. The number of H-pyrrole nitrogens is 1. The number of nitrogens with two attached hydrogens (primary N) is 2. The van der Waals surface area contributed by atoms with Crippen LogP contribution in [0.4, 0.5) is 0 Å². The third-order valence-electron chi connectivity index (χ3n) is 6.99. The van der Waals surface area contributed by atoms with Crippen LogP contribution in [0.5, 0.6) is 0 Å². The molecule has 11 heteroatoms. The lowest BCUT2D eigenvalue weighted by molar-refractivity contribution is -0.146. The number of hydrogen-bond acceptors (Lipinski definition) is 8. The van der Waals surface area contributed by atoms with E-state index in [0.717, 1.165) is 40.4 Å². The number of Topliss-reactive ketones (excluding diaryl/α,β-unsaturated/α-hetero) is 1. The largest absolute Gasteiger partial charge is 0.460 e. The van der Waals surface area contributed by atoms with Crippen LogP contribution in [0.1, 0.15) is 40.4 Å². The Morgan fingerprint density at radius 3 is 2.77 bits per heavy atom. The monoisotopic (exact) mass is 543 g/mol. The Morgan fingerprint density at radius 1 is 1.15 bits per heavy atom. The van der Waals surface area contributed by atoms with Crippen LogP contribution in [0, 0.1) is 0 Å². The van der Waals surface area contributed by atoms with Gasteiger partial charge in [0.1, 0.15) is 23.9 Å². The second kappa shape index (κ2) is 10.2. The number of fused-ring (bicyclic) bond motifs is 2. The highest BCUT2D eigenvalue weighted by atomic mass is 35.5. The maximum atomic E-state index is 12.9. The summed E-state index contributed by atoms with van der Waals surface area (Å²) >= 11 is 6.30. The van der Waals surface area contributed by atoms with Gasteiger partial charge in [-0.15, -0.1) is 0 Å². The second-order valence-corrected chi connectivity index (χ2v) is 10.0. The molecule has 0 saturated heterocycles. The van der Waals surface area contributed by atoms with Crippen molar-refractivity contribution in [3.63, 3.8) is 0 Å². The van der Waals surface area contributed by atoms with E-state index in [1.54, 1.807) is 24.7 Å². The standard InChI is InChI=1S/C28H26ClN7O3/c29-28-34-24(25-26(35-28)36(14-33-25)18-6-7-18)20-4-2-1-3-16(20)13-39-27(38)21(31)9-17-12-32-22-10-15(23(37)11-30)5-8-19(17)22/h1-5,8,10,12,14,18,21,32H,6-7,9,11,13,30-31H2. The quantitative estimate of drug-likeness (QED) is 0.144. The maximum Gasteiger partial charge on any atom is 0.323 e. The summed E-state index contributed by atoms with van der Waals surface area (Å²) < 4.78 is 7.68. The van der Waals surface area contributed by atoms with Crippen molar-refractivity contribution in [3.8, 4) is 11.3 Å². The Balaban J connectivity index is 1.19. The van der Waals surface area contributed by atoms with E-state index in [0.29, 0.717) is 28.5 Å². The molecule has 6 rings (SSSR count). The highest BCUT2D eigenvalue weighted by Crippen LogP contribution is 2.38. The predicted molar refractivity (Wildman–Crippen MR) is 147 cm³/mol. The van der Waals surface area contributed by atoms with Gasteiger partial charge in [-0.3, -0.25) is 9.59 Å². The molecule has 2 aromatic carbocycles. The molecule has 1 aliphatic rings. The highest BCUT2D eigenvalue weighted by Gasteiger charge is 2.27. The SMILES string of the molecule is NCC(=O)c1ccc2c(CC(N)C(=O)OCc3ccccc3-c3nc(Cl)nc4c3ncn4C3CC3)c[nH]c2c1. The van der Waals surface area contributed by atoms with Crippen LogP contribution in [-0.2, 0) is 22.6 Å². The van der Waals surface area contributed by atoms with Gasteiger partial charge in [0.25, 0.3) is 0 Å². The van der Waals surface area contributed by atoms with Crippen LogP contribution in [0.15, 0.2) is 55.0 Å². The van der Waals surface area contributed by atoms with E-state index in [4.69, 9.17) is 27.8 Å². The third-order valence-corrected chi connectivity index (χ3v) is 7.16. The first kappa shape index (κ1) is 25.2. The molecule has 1 atom stereocenters. The fourth-order valence-corrected chi connectivity index (χ4v) is 4.96. The van der Waals surface area contributed by atoms with E-state index in [1.165, 1.54) is 0 Å². The molecule has 0 radical (unpaired) electrons. The van der Waals surface area contributed by atoms with Gasteiger partial charge in [-0.2, -0.15) is 4.98 Å². The number of hydrogen-bond donors (Lipinski definition) is 3. The number of nitrogens with zero attached hydrogens (tertiary/aromatic N) is 4. The van der Waals surface area contributed by atoms with Gasteiger partial charge >= 0.3 is 5.97 Å². The first-order valence-electron chi connectivity index (χ1n) is 12.7. The van der Waals surface area contributed by atoms with Crippen molar-refractivity contribution >= 4 is 45.4 Å². The molecule has 0 amide bonds. The minimum atomic E-state index is -0.879. The number of ether oxygens (including phenoxy) is 1. The van der Waals surface area contributed by atoms with Crippen LogP contribution in [0.25, 0.3) is 33.3 Å². The van der Waals surface area contributed by atoms with E-state index < -0.39 is 12.0 Å². The highest BCUT2D eigenvalue weighted by molar-refractivity contribution is 6.28. The Hall–Kier alpha value is -4.12. The Bertz CT molecular complexity index is 1720. The zero-order valence-corrected chi connectivity index (χ0v) is 21.7. The number of aromatic nitrogens is 5. The average molecular weight is 544 g/mol. The molecule has 3 heterocycles. The molecule has 10 nitrogen and oxygen atoms in total. The predicted octanol–water partition coefficient (Wildman–Crippen LogP) is 3.72. The molecule has 3 aromatic heterocycles. The van der Waals surface area contributed by atoms with Gasteiger partial charge in [-0.05, 0) is 41.6 Å². The van der Waals surface area contributed by atoms with Gasteiger partial charge in [0, 0.05) is 40.7 Å². The summed E-state index contributed by atoms with van der Waals surface area (Å²) in [5.41, 5.74) is 17.3. The molecule has 1 fully saturated rings. The van der Waals surface area contributed by atoms with Gasteiger partial charge in [-0.1, -0.05) is 36.4 Å². The van der Waals surface area contributed by atoms with E-state index in [9.17, 15) is 9.59 Å². The lowest BCUT2D eigenvalue weighted by atomic mass is 10.0. The molecule has 0 aliphatic heterocycles. The number of halogens is 1. The summed E-state index contributed by atoms with van der Waals surface area (Å²) in [7, 11) is 0. The fraction of sp³-hybridized carbons (Fsp3) is 0.250. The molecule has 198 valence electrons. The number of nitrogens with one attached hydrogen (secondary N) is 1. The second-order valence-electron chi connectivity index (χ2n) is 9.67. The molecule has 0 bridgehead atoms. The van der Waals surface area contributed by atoms with Gasteiger partial charge in [0.15, 0.2) is 11.4 Å². The lowest BCUT2D eigenvalue weighted by Crippen LogP contribution is -2.34. The number of ketones is 1. The number of esters is 1. The number of aromatic amines is 1. The maximum absolute atomic E-state index is 12.9. The molecule has 39 heavy (non-hydrogen) atoms. The van der Waals surface area contributed by atoms with Gasteiger partial charge < -0.3 is 25.8 Å². The first-order valence-corrected chi connectivity index (χ1v) is 13.0. The minimum absolute atomic E-state index is 0.00754.